The van der Waals surface area contributed by atoms with Crippen LogP contribution in [0.15, 0.2) is 0 Å². The van der Waals surface area contributed by atoms with E-state index in [1.54, 1.807) is 18.9 Å². The third kappa shape index (κ3) is 5.96. The van der Waals surface area contributed by atoms with Gasteiger partial charge in [-0.2, -0.15) is 5.26 Å². The number of hydrogen-bond donors (Lipinski definition) is 4. The summed E-state index contributed by atoms with van der Waals surface area (Å²) in [7, 11) is 1.76. The van der Waals surface area contributed by atoms with Crippen LogP contribution in [0.4, 0.5) is 0 Å². The Labute approximate surface area is 225 Å². The molecular weight excluding hydrogens is 488 g/mol. The molecule has 0 bridgehead atoms. The Hall–Kier alpha value is -1.38. The number of piperidine rings is 2. The highest BCUT2D eigenvalue weighted by Crippen LogP contribution is 2.42. The summed E-state index contributed by atoms with van der Waals surface area (Å²) in [5.74, 6) is 1.22. The Morgan fingerprint density at radius 1 is 1.08 bits per heavy atom. The number of nitrogens with one attached hydrogen (secondary N) is 4. The number of nitrogens with zero attached hydrogens (tertiary/aromatic N) is 2. The number of thioether (sulfide) groups is 1. The number of nitriles is 1. The molecule has 1 saturated carbocycles. The van der Waals surface area contributed by atoms with Crippen LogP contribution in [0.3, 0.4) is 0 Å². The van der Waals surface area contributed by atoms with Gasteiger partial charge in [0.15, 0.2) is 0 Å². The Balaban J connectivity index is 1.17. The van der Waals surface area contributed by atoms with Gasteiger partial charge >= 0.3 is 0 Å². The van der Waals surface area contributed by atoms with E-state index >= 15 is 0 Å². The fourth-order valence-corrected chi connectivity index (χ4v) is 8.83. The first-order valence-electron chi connectivity index (χ1n) is 14.3. The number of ether oxygens (including phenoxy) is 1. The molecule has 5 rings (SSSR count). The van der Waals surface area contributed by atoms with E-state index in [0.29, 0.717) is 30.3 Å². The Morgan fingerprint density at radius 3 is 2.65 bits per heavy atom. The molecule has 5 fully saturated rings. The number of likely N-dealkylation sites (tertiary alicyclic amines) is 1. The van der Waals surface area contributed by atoms with Crippen LogP contribution < -0.4 is 21.3 Å². The SMILES string of the molecule is COC1CCC(C#N)CC1C1CC(C)NCC1C(=O)NC1NC2CN(C(=O)C3CC(C)CCN3)CC2S1. The van der Waals surface area contributed by atoms with Gasteiger partial charge in [0.2, 0.25) is 11.8 Å². The average Bonchev–Trinajstić information content (AvgIpc) is 3.46. The lowest BCUT2D eigenvalue weighted by Gasteiger charge is -2.44. The second-order valence-electron chi connectivity index (χ2n) is 12.1. The Bertz CT molecular complexity index is 871. The van der Waals surface area contributed by atoms with Crippen molar-refractivity contribution in [3.8, 4) is 6.07 Å². The van der Waals surface area contributed by atoms with Gasteiger partial charge in [-0.3, -0.25) is 14.9 Å². The molecule has 37 heavy (non-hydrogen) atoms. The molecule has 9 nitrogen and oxygen atoms in total. The third-order valence-electron chi connectivity index (χ3n) is 9.53. The fourth-order valence-electron chi connectivity index (χ4n) is 7.42. The molecule has 0 aromatic heterocycles. The number of rotatable bonds is 5. The second-order valence-corrected chi connectivity index (χ2v) is 13.5. The molecule has 0 aromatic carbocycles. The van der Waals surface area contributed by atoms with Crippen molar-refractivity contribution in [2.45, 2.75) is 87.3 Å². The predicted molar refractivity (Wildman–Crippen MR) is 143 cm³/mol. The highest BCUT2D eigenvalue weighted by atomic mass is 32.2. The second kappa shape index (κ2) is 11.8. The summed E-state index contributed by atoms with van der Waals surface area (Å²) >= 11 is 1.74. The van der Waals surface area contributed by atoms with Crippen LogP contribution in [0.25, 0.3) is 0 Å². The monoisotopic (exact) mass is 532 g/mol. The topological polar surface area (TPSA) is 119 Å². The van der Waals surface area contributed by atoms with Gasteiger partial charge in [-0.25, -0.2) is 0 Å². The van der Waals surface area contributed by atoms with E-state index in [2.05, 4.69) is 41.2 Å². The molecule has 1 aliphatic carbocycles. The van der Waals surface area contributed by atoms with E-state index in [4.69, 9.17) is 4.74 Å². The molecule has 206 valence electrons. The normalized spacial score (nSPS) is 44.2. The van der Waals surface area contributed by atoms with Crippen LogP contribution in [0.2, 0.25) is 0 Å². The Morgan fingerprint density at radius 2 is 1.92 bits per heavy atom. The molecule has 4 heterocycles. The van der Waals surface area contributed by atoms with Gasteiger partial charge in [0.1, 0.15) is 5.50 Å². The molecule has 2 amide bonds. The van der Waals surface area contributed by atoms with E-state index in [1.165, 1.54) is 0 Å². The van der Waals surface area contributed by atoms with Crippen molar-refractivity contribution in [2.24, 2.45) is 29.6 Å². The van der Waals surface area contributed by atoms with Gasteiger partial charge in [-0.05, 0) is 69.7 Å². The van der Waals surface area contributed by atoms with E-state index < -0.39 is 0 Å². The molecule has 0 aromatic rings. The van der Waals surface area contributed by atoms with Crippen molar-refractivity contribution in [3.05, 3.63) is 0 Å². The average molecular weight is 533 g/mol. The van der Waals surface area contributed by atoms with Crippen molar-refractivity contribution in [1.29, 1.82) is 5.26 Å². The van der Waals surface area contributed by atoms with E-state index in [-0.39, 0.29) is 59.2 Å². The maximum Gasteiger partial charge on any atom is 0.239 e. The first kappa shape index (κ1) is 27.2. The van der Waals surface area contributed by atoms with Gasteiger partial charge < -0.3 is 25.6 Å². The lowest BCUT2D eigenvalue weighted by molar-refractivity contribution is -0.133. The summed E-state index contributed by atoms with van der Waals surface area (Å²) in [6.07, 6.45) is 5.66. The standard InChI is InChI=1S/C27H44N6O3S/c1-15-6-7-29-21(8-15)26(35)33-13-22-24(14-33)37-27(31-22)32-25(34)20-12-30-16(2)9-18(20)19-10-17(11-28)4-5-23(19)36-3/h15-24,27,29-31H,4-10,12-14H2,1-3H3,(H,32,34). The molecule has 4 aliphatic heterocycles. The van der Waals surface area contributed by atoms with Crippen LogP contribution in [-0.4, -0.2) is 85.0 Å². The summed E-state index contributed by atoms with van der Waals surface area (Å²) in [4.78, 5) is 28.7. The summed E-state index contributed by atoms with van der Waals surface area (Å²) in [5, 5.41) is 23.7. The van der Waals surface area contributed by atoms with E-state index in [9.17, 15) is 14.9 Å². The van der Waals surface area contributed by atoms with Gasteiger partial charge in [0.05, 0.1) is 24.1 Å². The van der Waals surface area contributed by atoms with Crippen molar-refractivity contribution >= 4 is 23.6 Å². The molecule has 4 saturated heterocycles. The molecule has 11 unspecified atom stereocenters. The molecule has 5 aliphatic rings. The quantitative estimate of drug-likeness (QED) is 0.418. The minimum absolute atomic E-state index is 0.0504. The van der Waals surface area contributed by atoms with Crippen molar-refractivity contribution in [3.63, 3.8) is 0 Å². The van der Waals surface area contributed by atoms with Crippen molar-refractivity contribution in [1.82, 2.24) is 26.2 Å². The summed E-state index contributed by atoms with van der Waals surface area (Å²) < 4.78 is 5.86. The minimum Gasteiger partial charge on any atom is -0.381 e. The smallest absolute Gasteiger partial charge is 0.239 e. The summed E-state index contributed by atoms with van der Waals surface area (Å²) in [6.45, 7) is 7.41. The molecule has 10 heteroatoms. The first-order valence-corrected chi connectivity index (χ1v) is 15.2. The number of fused-ring (bicyclic) bond motifs is 1. The number of hydrogen-bond acceptors (Lipinski definition) is 8. The largest absolute Gasteiger partial charge is 0.381 e. The number of methoxy groups -OCH3 is 1. The zero-order valence-corrected chi connectivity index (χ0v) is 23.3. The van der Waals surface area contributed by atoms with Crippen LogP contribution in [0.1, 0.15) is 52.4 Å². The van der Waals surface area contributed by atoms with Crippen LogP contribution in [-0.2, 0) is 14.3 Å². The number of amides is 2. The van der Waals surface area contributed by atoms with Gasteiger partial charge in [-0.1, -0.05) is 6.92 Å². The number of carbonyl (C=O) groups excluding carboxylic acids is 2. The van der Waals surface area contributed by atoms with E-state index in [0.717, 1.165) is 51.6 Å². The van der Waals surface area contributed by atoms with Gasteiger partial charge in [-0.15, -0.1) is 11.8 Å². The summed E-state index contributed by atoms with van der Waals surface area (Å²) in [6, 6.07) is 2.96. The third-order valence-corrected chi connectivity index (χ3v) is 10.9. The molecular formula is C27H44N6O3S. The van der Waals surface area contributed by atoms with Crippen LogP contribution in [0.5, 0.6) is 0 Å². The molecule has 11 atom stereocenters. The summed E-state index contributed by atoms with van der Waals surface area (Å²) in [5.41, 5.74) is -0.135. The van der Waals surface area contributed by atoms with Crippen molar-refractivity contribution in [2.75, 3.05) is 33.3 Å². The highest BCUT2D eigenvalue weighted by molar-refractivity contribution is 8.00. The zero-order valence-electron chi connectivity index (χ0n) is 22.4. The maximum absolute atomic E-state index is 13.6. The lowest BCUT2D eigenvalue weighted by atomic mass is 9.66. The van der Waals surface area contributed by atoms with Gasteiger partial charge in [0, 0.05) is 50.0 Å². The molecule has 4 N–H and O–H groups in total. The van der Waals surface area contributed by atoms with E-state index in [1.807, 2.05) is 4.90 Å². The van der Waals surface area contributed by atoms with Crippen molar-refractivity contribution < 1.29 is 14.3 Å². The van der Waals surface area contributed by atoms with Crippen LogP contribution >= 0.6 is 11.8 Å². The zero-order chi connectivity index (χ0) is 26.1. The first-order chi connectivity index (χ1) is 17.9. The lowest BCUT2D eigenvalue weighted by Crippen LogP contribution is -2.55. The predicted octanol–water partition coefficient (Wildman–Crippen LogP) is 1.26. The molecule has 0 radical (unpaired) electrons. The Kier molecular flexibility index (Phi) is 8.66. The minimum atomic E-state index is -0.142. The maximum atomic E-state index is 13.6. The molecule has 0 spiro atoms. The van der Waals surface area contributed by atoms with Gasteiger partial charge in [0.25, 0.3) is 0 Å². The highest BCUT2D eigenvalue weighted by Gasteiger charge is 2.47. The van der Waals surface area contributed by atoms with Crippen LogP contribution in [0, 0.1) is 40.9 Å². The number of carbonyl (C=O) groups is 2. The fraction of sp³-hybridized carbons (Fsp3) is 0.889.